The van der Waals surface area contributed by atoms with E-state index < -0.39 is 0 Å². The molecule has 31 heavy (non-hydrogen) atoms. The van der Waals surface area contributed by atoms with Crippen LogP contribution in [0.4, 0.5) is 11.4 Å². The van der Waals surface area contributed by atoms with E-state index >= 15 is 0 Å². The molecule has 0 radical (unpaired) electrons. The quantitative estimate of drug-likeness (QED) is 0.306. The summed E-state index contributed by atoms with van der Waals surface area (Å²) in [5, 5.41) is 21.2. The molecule has 1 aromatic rings. The van der Waals surface area contributed by atoms with Crippen LogP contribution in [0.1, 0.15) is 57.8 Å². The summed E-state index contributed by atoms with van der Waals surface area (Å²) < 4.78 is 7.59. The molecule has 0 atom stereocenters. The Morgan fingerprint density at radius 3 is 2.45 bits per heavy atom. The van der Waals surface area contributed by atoms with Gasteiger partial charge < -0.3 is 14.7 Å². The lowest BCUT2D eigenvalue weighted by atomic mass is 9.77. The molecular weight excluding hydrogens is 398 g/mol. The van der Waals surface area contributed by atoms with E-state index in [1.807, 2.05) is 0 Å². The number of nitro benzene ring substituents is 1. The lowest BCUT2D eigenvalue weighted by Crippen LogP contribution is -2.41. The van der Waals surface area contributed by atoms with Crippen LogP contribution in [0, 0.1) is 15.5 Å². The second kappa shape index (κ2) is 9.34. The summed E-state index contributed by atoms with van der Waals surface area (Å²) in [7, 11) is 0. The van der Waals surface area contributed by atoms with Gasteiger partial charge in [-0.15, -0.1) is 4.58 Å². The molecule has 0 aromatic heterocycles. The van der Waals surface area contributed by atoms with Crippen molar-refractivity contribution in [1.82, 2.24) is 0 Å². The lowest BCUT2D eigenvalue weighted by molar-refractivity contribution is -0.466. The van der Waals surface area contributed by atoms with Crippen molar-refractivity contribution in [2.24, 2.45) is 5.41 Å². The number of non-ortho nitro benzene ring substituents is 1. The maximum atomic E-state index is 12.6. The zero-order valence-corrected chi connectivity index (χ0v) is 18.0. The number of carbonyl (C=O) groups excluding carboxylic acids is 1. The van der Waals surface area contributed by atoms with E-state index in [9.17, 15) is 20.0 Å². The second-order valence-electron chi connectivity index (χ2n) is 9.21. The largest absolute Gasteiger partial charge is 0.463 e. The van der Waals surface area contributed by atoms with Crippen molar-refractivity contribution in [2.45, 2.75) is 63.9 Å². The van der Waals surface area contributed by atoms with Gasteiger partial charge in [0.05, 0.1) is 30.5 Å². The maximum absolute atomic E-state index is 12.6. The van der Waals surface area contributed by atoms with Crippen molar-refractivity contribution in [3.05, 3.63) is 34.4 Å². The highest BCUT2D eigenvalue weighted by atomic mass is 16.6. The van der Waals surface area contributed by atoms with Crippen LogP contribution in [0.15, 0.2) is 24.3 Å². The summed E-state index contributed by atoms with van der Waals surface area (Å²) in [6, 6.07) is 6.68. The van der Waals surface area contributed by atoms with Crippen LogP contribution in [0.2, 0.25) is 0 Å². The highest BCUT2D eigenvalue weighted by Crippen LogP contribution is 2.45. The van der Waals surface area contributed by atoms with Crippen molar-refractivity contribution < 1.29 is 24.1 Å². The molecular formula is C23H32N3O5+. The molecule has 1 saturated carbocycles. The number of hydrogen-bond donors (Lipinski definition) is 1. The molecule has 1 aromatic carbocycles. The van der Waals surface area contributed by atoms with E-state index in [1.54, 1.807) is 28.8 Å². The minimum absolute atomic E-state index is 0.0197. The number of amides is 1. The third-order valence-corrected chi connectivity index (χ3v) is 7.08. The number of aliphatic hydroxyl groups excluding tert-OH is 1. The van der Waals surface area contributed by atoms with Crippen molar-refractivity contribution in [3.63, 3.8) is 0 Å². The Morgan fingerprint density at radius 2 is 1.84 bits per heavy atom. The van der Waals surface area contributed by atoms with Gasteiger partial charge in [-0.1, -0.05) is 12.8 Å². The van der Waals surface area contributed by atoms with Crippen LogP contribution < -0.4 is 4.90 Å². The van der Waals surface area contributed by atoms with Crippen LogP contribution in [0.5, 0.6) is 0 Å². The predicted molar refractivity (Wildman–Crippen MR) is 117 cm³/mol. The van der Waals surface area contributed by atoms with Crippen molar-refractivity contribution in [3.8, 4) is 0 Å². The highest BCUT2D eigenvalue weighted by Gasteiger charge is 2.46. The fourth-order valence-corrected chi connectivity index (χ4v) is 5.32. The summed E-state index contributed by atoms with van der Waals surface area (Å²) in [5.41, 5.74) is 1.13. The molecule has 3 aliphatic rings. The van der Waals surface area contributed by atoms with Crippen LogP contribution in [-0.4, -0.2) is 58.8 Å². The van der Waals surface area contributed by atoms with E-state index in [-0.39, 0.29) is 33.9 Å². The Hall–Kier alpha value is -2.48. The SMILES string of the molecule is O=C1CC2(CCCC2)CC(O)=[N+]1CCCOC1CCN(c2ccc([N+](=O)[O-])cc2)CC1. The predicted octanol–water partition coefficient (Wildman–Crippen LogP) is 3.82. The Balaban J connectivity index is 1.18. The topological polar surface area (TPSA) is 95.9 Å². The first kappa shape index (κ1) is 21.7. The molecule has 1 aliphatic carbocycles. The first-order valence-electron chi connectivity index (χ1n) is 11.4. The molecule has 1 spiro atoms. The Labute approximate surface area is 182 Å². The first-order valence-corrected chi connectivity index (χ1v) is 11.4. The van der Waals surface area contributed by atoms with E-state index in [0.717, 1.165) is 57.3 Å². The van der Waals surface area contributed by atoms with Gasteiger partial charge in [0.2, 0.25) is 0 Å². The zero-order valence-electron chi connectivity index (χ0n) is 18.0. The average Bonchev–Trinajstić information content (AvgIpc) is 3.20. The van der Waals surface area contributed by atoms with Gasteiger partial charge in [0, 0.05) is 37.3 Å². The third kappa shape index (κ3) is 5.06. The van der Waals surface area contributed by atoms with E-state index in [4.69, 9.17) is 4.74 Å². The van der Waals surface area contributed by atoms with Crippen molar-refractivity contribution >= 4 is 23.2 Å². The number of nitro groups is 1. The van der Waals surface area contributed by atoms with Crippen molar-refractivity contribution in [1.29, 1.82) is 0 Å². The fraction of sp³-hybridized carbons (Fsp3) is 0.652. The van der Waals surface area contributed by atoms with Crippen molar-refractivity contribution in [2.75, 3.05) is 31.1 Å². The standard InChI is InChI=1S/C23H31N3O5/c27-21-16-23(10-1-2-11-23)17-22(28)25(21)12-3-15-31-20-8-13-24(14-9-20)18-4-6-19(7-5-18)26(29)30/h4-7,20H,1-3,8-17H2/p+1. The number of benzene rings is 1. The van der Waals surface area contributed by atoms with Gasteiger partial charge in [-0.2, -0.15) is 0 Å². The zero-order chi connectivity index (χ0) is 21.8. The molecule has 8 nitrogen and oxygen atoms in total. The summed E-state index contributed by atoms with van der Waals surface area (Å²) >= 11 is 0. The first-order chi connectivity index (χ1) is 15.0. The van der Waals surface area contributed by atoms with Gasteiger partial charge in [0.25, 0.3) is 5.69 Å². The number of aliphatic hydroxyl groups is 1. The van der Waals surface area contributed by atoms with Crippen LogP contribution >= 0.6 is 0 Å². The third-order valence-electron chi connectivity index (χ3n) is 7.08. The van der Waals surface area contributed by atoms with Crippen LogP contribution in [0.25, 0.3) is 0 Å². The van der Waals surface area contributed by atoms with E-state index in [1.165, 1.54) is 0 Å². The summed E-state index contributed by atoms with van der Waals surface area (Å²) in [5.74, 6) is 0.302. The number of ether oxygens (including phenoxy) is 1. The second-order valence-corrected chi connectivity index (χ2v) is 9.21. The minimum atomic E-state index is -0.383. The van der Waals surface area contributed by atoms with Gasteiger partial charge >= 0.3 is 11.8 Å². The van der Waals surface area contributed by atoms with Gasteiger partial charge in [0.1, 0.15) is 0 Å². The number of piperidine rings is 1. The molecule has 2 fully saturated rings. The Bertz CT molecular complexity index is 837. The molecule has 1 N–H and O–H groups in total. The molecule has 0 bridgehead atoms. The number of nitrogens with zero attached hydrogens (tertiary/aromatic N) is 3. The van der Waals surface area contributed by atoms with E-state index in [2.05, 4.69) is 4.90 Å². The monoisotopic (exact) mass is 430 g/mol. The minimum Gasteiger partial charge on any atom is -0.463 e. The number of carbonyl (C=O) groups is 1. The molecule has 0 unspecified atom stereocenters. The Kier molecular flexibility index (Phi) is 6.55. The number of anilines is 1. The Morgan fingerprint density at radius 1 is 1.16 bits per heavy atom. The van der Waals surface area contributed by atoms with E-state index in [0.29, 0.717) is 32.4 Å². The van der Waals surface area contributed by atoms with Crippen LogP contribution in [0.3, 0.4) is 0 Å². The molecule has 1 amide bonds. The molecule has 2 heterocycles. The van der Waals surface area contributed by atoms with Crippen LogP contribution in [-0.2, 0) is 9.53 Å². The maximum Gasteiger partial charge on any atom is 0.390 e. The molecule has 1 saturated heterocycles. The lowest BCUT2D eigenvalue weighted by Gasteiger charge is -2.33. The van der Waals surface area contributed by atoms with Gasteiger partial charge in [0.15, 0.2) is 6.54 Å². The summed E-state index contributed by atoms with van der Waals surface area (Å²) in [6.07, 6.45) is 8.35. The van der Waals surface area contributed by atoms with Gasteiger partial charge in [-0.05, 0) is 43.2 Å². The fourth-order valence-electron chi connectivity index (χ4n) is 5.32. The molecule has 4 rings (SSSR count). The number of rotatable bonds is 7. The molecule has 168 valence electrons. The summed E-state index contributed by atoms with van der Waals surface area (Å²) in [6.45, 7) is 2.79. The number of hydrogen-bond acceptors (Lipinski definition) is 5. The highest BCUT2D eigenvalue weighted by molar-refractivity contribution is 5.82. The summed E-state index contributed by atoms with van der Waals surface area (Å²) in [4.78, 5) is 25.2. The smallest absolute Gasteiger partial charge is 0.390 e. The molecule has 8 heteroatoms. The normalized spacial score (nSPS) is 21.8. The average molecular weight is 431 g/mol. The van der Waals surface area contributed by atoms with Gasteiger partial charge in [-0.25, -0.2) is 4.79 Å². The van der Waals surface area contributed by atoms with Gasteiger partial charge in [-0.3, -0.25) is 10.1 Å². The molecule has 2 aliphatic heterocycles.